The number of rotatable bonds is 5. The number of fused-ring (bicyclic) bond motifs is 6. The molecule has 2 N–H and O–H groups in total. The molecule has 168 valence electrons. The number of ether oxygens (including phenoxy) is 2. The SMILES string of the molecule is [N-]=[N+]=Nc1ccc2c(c1)Oc1cc(NC(=O)CCC(=O)O)ccc1C21OC(=O)c2ccccc21. The molecule has 10 heteroatoms. The topological polar surface area (TPSA) is 151 Å². The summed E-state index contributed by atoms with van der Waals surface area (Å²) in [4.78, 5) is 38.5. The Labute approximate surface area is 192 Å². The molecule has 3 aromatic carbocycles. The fourth-order valence-corrected chi connectivity index (χ4v) is 4.30. The molecular weight excluding hydrogens is 440 g/mol. The Balaban J connectivity index is 1.64. The standard InChI is InChI=1S/C24H16N4O6/c25-28-27-14-6-8-18-20(12-14)33-19-11-13(26-21(29)9-10-22(30)31)5-7-17(19)24(18)16-4-2-1-3-15(16)23(32)34-24/h1-8,11-12H,9-10H2,(H,26,29)(H,30,31). The van der Waals surface area contributed by atoms with Crippen LogP contribution in [0.15, 0.2) is 65.8 Å². The predicted molar refractivity (Wildman–Crippen MR) is 119 cm³/mol. The molecule has 0 radical (unpaired) electrons. The second-order valence-corrected chi connectivity index (χ2v) is 7.74. The molecule has 2 aliphatic rings. The number of aliphatic carboxylic acids is 1. The molecule has 1 spiro atoms. The Bertz CT molecular complexity index is 1430. The van der Waals surface area contributed by atoms with Gasteiger partial charge in [-0.3, -0.25) is 9.59 Å². The summed E-state index contributed by atoms with van der Waals surface area (Å²) in [5.41, 5.74) is 10.4. The van der Waals surface area contributed by atoms with E-state index < -0.39 is 23.4 Å². The van der Waals surface area contributed by atoms with Crippen LogP contribution in [0.2, 0.25) is 0 Å². The summed E-state index contributed by atoms with van der Waals surface area (Å²) in [5, 5.41) is 15.1. The van der Waals surface area contributed by atoms with Gasteiger partial charge < -0.3 is 19.9 Å². The number of azide groups is 1. The third-order valence-electron chi connectivity index (χ3n) is 5.71. The Morgan fingerprint density at radius 2 is 1.74 bits per heavy atom. The van der Waals surface area contributed by atoms with E-state index in [9.17, 15) is 14.4 Å². The zero-order valence-electron chi connectivity index (χ0n) is 17.5. The second-order valence-electron chi connectivity index (χ2n) is 7.74. The lowest BCUT2D eigenvalue weighted by Gasteiger charge is -2.36. The van der Waals surface area contributed by atoms with Crippen LogP contribution in [0.3, 0.4) is 0 Å². The number of carboxylic acids is 1. The van der Waals surface area contributed by atoms with Gasteiger partial charge >= 0.3 is 11.9 Å². The van der Waals surface area contributed by atoms with Crippen LogP contribution in [-0.2, 0) is 19.9 Å². The average Bonchev–Trinajstić information content (AvgIpc) is 3.11. The summed E-state index contributed by atoms with van der Waals surface area (Å²) in [7, 11) is 0. The quantitative estimate of drug-likeness (QED) is 0.239. The van der Waals surface area contributed by atoms with Crippen molar-refractivity contribution in [1.82, 2.24) is 0 Å². The molecule has 0 aliphatic carbocycles. The molecule has 0 fully saturated rings. The van der Waals surface area contributed by atoms with Gasteiger partial charge in [0.25, 0.3) is 0 Å². The molecule has 1 unspecified atom stereocenters. The Morgan fingerprint density at radius 3 is 2.50 bits per heavy atom. The van der Waals surface area contributed by atoms with E-state index in [2.05, 4.69) is 15.3 Å². The maximum absolute atomic E-state index is 12.8. The molecule has 10 nitrogen and oxygen atoms in total. The zero-order chi connectivity index (χ0) is 23.9. The van der Waals surface area contributed by atoms with Gasteiger partial charge in [-0.1, -0.05) is 35.4 Å². The van der Waals surface area contributed by atoms with Gasteiger partial charge in [-0.2, -0.15) is 0 Å². The maximum atomic E-state index is 12.8. The van der Waals surface area contributed by atoms with E-state index in [0.29, 0.717) is 45.1 Å². The first kappa shape index (κ1) is 21.0. The molecular formula is C24H16N4O6. The number of carboxylic acid groups (broad SMARTS) is 1. The highest BCUT2D eigenvalue weighted by Crippen LogP contribution is 2.56. The number of carbonyl (C=O) groups excluding carboxylic acids is 2. The van der Waals surface area contributed by atoms with Crippen LogP contribution in [0.1, 0.15) is 39.9 Å². The van der Waals surface area contributed by atoms with Crippen molar-refractivity contribution in [1.29, 1.82) is 0 Å². The zero-order valence-corrected chi connectivity index (χ0v) is 17.5. The van der Waals surface area contributed by atoms with Gasteiger partial charge in [0.1, 0.15) is 11.5 Å². The largest absolute Gasteiger partial charge is 0.481 e. The summed E-state index contributed by atoms with van der Waals surface area (Å²) in [6.07, 6.45) is -0.473. The summed E-state index contributed by atoms with van der Waals surface area (Å²) >= 11 is 0. The van der Waals surface area contributed by atoms with Crippen molar-refractivity contribution in [2.45, 2.75) is 18.4 Å². The predicted octanol–water partition coefficient (Wildman–Crippen LogP) is 5.00. The lowest BCUT2D eigenvalue weighted by atomic mass is 9.77. The molecule has 3 aromatic rings. The van der Waals surface area contributed by atoms with Crippen molar-refractivity contribution in [2.24, 2.45) is 5.11 Å². The number of hydrogen-bond donors (Lipinski definition) is 2. The highest BCUT2D eigenvalue weighted by molar-refractivity contribution is 5.97. The molecule has 2 aliphatic heterocycles. The third-order valence-corrected chi connectivity index (χ3v) is 5.71. The summed E-state index contributed by atoms with van der Waals surface area (Å²) < 4.78 is 12.1. The van der Waals surface area contributed by atoms with E-state index in [0.717, 1.165) is 0 Å². The van der Waals surface area contributed by atoms with Gasteiger partial charge in [0.15, 0.2) is 5.60 Å². The first-order valence-corrected chi connectivity index (χ1v) is 10.3. The number of benzene rings is 3. The molecule has 0 bridgehead atoms. The van der Waals surface area contributed by atoms with Gasteiger partial charge in [0.2, 0.25) is 5.91 Å². The molecule has 34 heavy (non-hydrogen) atoms. The number of amides is 1. The number of carbonyl (C=O) groups is 3. The summed E-state index contributed by atoms with van der Waals surface area (Å²) in [6.45, 7) is 0. The van der Waals surface area contributed by atoms with Crippen molar-refractivity contribution >= 4 is 29.2 Å². The van der Waals surface area contributed by atoms with Gasteiger partial charge in [0, 0.05) is 45.5 Å². The van der Waals surface area contributed by atoms with Crippen molar-refractivity contribution in [3.8, 4) is 11.5 Å². The Morgan fingerprint density at radius 1 is 1.00 bits per heavy atom. The van der Waals surface area contributed by atoms with E-state index in [1.165, 1.54) is 0 Å². The highest BCUT2D eigenvalue weighted by atomic mass is 16.6. The fourth-order valence-electron chi connectivity index (χ4n) is 4.30. The first-order valence-electron chi connectivity index (χ1n) is 10.3. The lowest BCUT2D eigenvalue weighted by Crippen LogP contribution is -2.33. The average molecular weight is 456 g/mol. The van der Waals surface area contributed by atoms with Crippen LogP contribution >= 0.6 is 0 Å². The first-order chi connectivity index (χ1) is 16.4. The van der Waals surface area contributed by atoms with Crippen molar-refractivity contribution in [3.63, 3.8) is 0 Å². The van der Waals surface area contributed by atoms with Crippen LogP contribution in [-0.4, -0.2) is 23.0 Å². The van der Waals surface area contributed by atoms with Gasteiger partial charge in [-0.15, -0.1) is 0 Å². The molecule has 5 rings (SSSR count). The van der Waals surface area contributed by atoms with E-state index in [1.807, 2.05) is 12.1 Å². The molecule has 1 amide bonds. The van der Waals surface area contributed by atoms with Crippen molar-refractivity contribution in [2.75, 3.05) is 5.32 Å². The number of hydrogen-bond acceptors (Lipinski definition) is 6. The van der Waals surface area contributed by atoms with E-state index in [4.69, 9.17) is 20.1 Å². The van der Waals surface area contributed by atoms with Gasteiger partial charge in [-0.25, -0.2) is 4.79 Å². The monoisotopic (exact) mass is 456 g/mol. The minimum absolute atomic E-state index is 0.180. The minimum Gasteiger partial charge on any atom is -0.481 e. The van der Waals surface area contributed by atoms with Crippen molar-refractivity contribution < 1.29 is 29.0 Å². The Hall–Kier alpha value is -4.82. The molecule has 1 atom stereocenters. The van der Waals surface area contributed by atoms with E-state index in [1.54, 1.807) is 48.5 Å². The number of anilines is 1. The highest BCUT2D eigenvalue weighted by Gasteiger charge is 2.53. The van der Waals surface area contributed by atoms with Crippen LogP contribution < -0.4 is 10.1 Å². The molecule has 0 aromatic heterocycles. The molecule has 0 saturated heterocycles. The summed E-state index contributed by atoms with van der Waals surface area (Å²) in [5.74, 6) is -1.36. The lowest BCUT2D eigenvalue weighted by molar-refractivity contribution is -0.138. The van der Waals surface area contributed by atoms with Gasteiger partial charge in [0.05, 0.1) is 12.0 Å². The number of nitrogens with one attached hydrogen (secondary N) is 1. The molecule has 2 heterocycles. The minimum atomic E-state index is -1.29. The third kappa shape index (κ3) is 3.30. The molecule has 0 saturated carbocycles. The van der Waals surface area contributed by atoms with Crippen LogP contribution in [0.25, 0.3) is 10.4 Å². The second kappa shape index (κ2) is 7.95. The normalized spacial score (nSPS) is 16.9. The number of esters is 1. The van der Waals surface area contributed by atoms with E-state index >= 15 is 0 Å². The summed E-state index contributed by atoms with van der Waals surface area (Å²) in [6, 6.07) is 16.8. The number of nitrogens with zero attached hydrogens (tertiary/aromatic N) is 3. The fraction of sp³-hybridized carbons (Fsp3) is 0.125. The van der Waals surface area contributed by atoms with E-state index in [-0.39, 0.29) is 12.8 Å². The van der Waals surface area contributed by atoms with Crippen LogP contribution in [0, 0.1) is 0 Å². The van der Waals surface area contributed by atoms with Crippen LogP contribution in [0.4, 0.5) is 11.4 Å². The van der Waals surface area contributed by atoms with Crippen LogP contribution in [0.5, 0.6) is 11.5 Å². The van der Waals surface area contributed by atoms with Crippen molar-refractivity contribution in [3.05, 3.63) is 93.4 Å². The smallest absolute Gasteiger partial charge is 0.340 e. The Kier molecular flexibility index (Phi) is 4.92. The van der Waals surface area contributed by atoms with Gasteiger partial charge in [-0.05, 0) is 29.8 Å². The maximum Gasteiger partial charge on any atom is 0.340 e.